The van der Waals surface area contributed by atoms with Gasteiger partial charge in [-0.2, -0.15) is 5.10 Å². The molecule has 0 aliphatic heterocycles. The van der Waals surface area contributed by atoms with Gasteiger partial charge in [-0.05, 0) is 41.7 Å². The molecule has 28 heavy (non-hydrogen) atoms. The Morgan fingerprint density at radius 2 is 1.64 bits per heavy atom. The van der Waals surface area contributed by atoms with Crippen LogP contribution in [0.25, 0.3) is 0 Å². The first-order chi connectivity index (χ1) is 13.6. The Hall–Kier alpha value is -3.35. The minimum Gasteiger partial charge on any atom is -0.493 e. The fraction of sp³-hybridized carbons (Fsp3) is 0.286. The quantitative estimate of drug-likeness (QED) is 0.415. The Kier molecular flexibility index (Phi) is 8.02. The summed E-state index contributed by atoms with van der Waals surface area (Å²) in [5.74, 6) is -0.296. The predicted octanol–water partition coefficient (Wildman–Crippen LogP) is 2.08. The Morgan fingerprint density at radius 3 is 2.29 bits per heavy atom. The first kappa shape index (κ1) is 21.0. The van der Waals surface area contributed by atoms with Crippen molar-refractivity contribution in [3.8, 4) is 11.5 Å². The molecule has 0 bridgehead atoms. The van der Waals surface area contributed by atoms with Crippen LogP contribution in [0.15, 0.2) is 47.6 Å². The first-order valence-corrected chi connectivity index (χ1v) is 8.98. The van der Waals surface area contributed by atoms with Gasteiger partial charge in [0.05, 0.1) is 20.4 Å². The lowest BCUT2D eigenvalue weighted by Gasteiger charge is -2.10. The third-order valence-electron chi connectivity index (χ3n) is 4.12. The van der Waals surface area contributed by atoms with E-state index in [1.54, 1.807) is 20.3 Å². The maximum atomic E-state index is 11.8. The van der Waals surface area contributed by atoms with Gasteiger partial charge in [-0.1, -0.05) is 37.3 Å². The van der Waals surface area contributed by atoms with Crippen molar-refractivity contribution in [2.45, 2.75) is 19.8 Å². The lowest BCUT2D eigenvalue weighted by atomic mass is 10.1. The number of aryl methyl sites for hydroxylation is 1. The van der Waals surface area contributed by atoms with Gasteiger partial charge < -0.3 is 14.8 Å². The number of benzene rings is 2. The van der Waals surface area contributed by atoms with Gasteiger partial charge in [-0.15, -0.1) is 0 Å². The number of hydrazone groups is 1. The Bertz CT molecular complexity index is 832. The van der Waals surface area contributed by atoms with Crippen molar-refractivity contribution in [2.24, 2.45) is 5.10 Å². The van der Waals surface area contributed by atoms with Crippen molar-refractivity contribution in [1.29, 1.82) is 0 Å². The summed E-state index contributed by atoms with van der Waals surface area (Å²) in [5.41, 5.74) is 5.23. The zero-order valence-electron chi connectivity index (χ0n) is 16.3. The van der Waals surface area contributed by atoms with Gasteiger partial charge in [0.25, 0.3) is 0 Å². The number of nitrogens with zero attached hydrogens (tertiary/aromatic N) is 1. The van der Waals surface area contributed by atoms with Crippen molar-refractivity contribution >= 4 is 18.0 Å². The zero-order valence-corrected chi connectivity index (χ0v) is 16.3. The Morgan fingerprint density at radius 1 is 0.964 bits per heavy atom. The van der Waals surface area contributed by atoms with Crippen molar-refractivity contribution in [2.75, 3.05) is 20.8 Å². The van der Waals surface area contributed by atoms with E-state index in [9.17, 15) is 9.59 Å². The van der Waals surface area contributed by atoms with Crippen molar-refractivity contribution < 1.29 is 19.1 Å². The molecule has 2 aromatic carbocycles. The summed E-state index contributed by atoms with van der Waals surface area (Å²) in [7, 11) is 3.13. The highest BCUT2D eigenvalue weighted by Gasteiger charge is 2.12. The van der Waals surface area contributed by atoms with E-state index in [0.717, 1.165) is 17.5 Å². The molecule has 0 aliphatic rings. The van der Waals surface area contributed by atoms with Gasteiger partial charge in [-0.25, -0.2) is 5.43 Å². The number of amides is 2. The molecule has 148 valence electrons. The van der Waals surface area contributed by atoms with E-state index in [2.05, 4.69) is 22.8 Å². The molecule has 2 rings (SSSR count). The predicted molar refractivity (Wildman–Crippen MR) is 108 cm³/mol. The summed E-state index contributed by atoms with van der Waals surface area (Å²) < 4.78 is 10.4. The molecular weight excluding hydrogens is 358 g/mol. The highest BCUT2D eigenvalue weighted by molar-refractivity contribution is 6.35. The minimum atomic E-state index is -0.811. The molecule has 0 atom stereocenters. The average molecular weight is 383 g/mol. The summed E-state index contributed by atoms with van der Waals surface area (Å²) in [6.07, 6.45) is 3.00. The van der Waals surface area contributed by atoms with Crippen LogP contribution in [0.3, 0.4) is 0 Å². The standard InChI is InChI=1S/C21H25N3O4/c1-4-15-5-7-17(8-6-15)14-23-24-21(26)20(25)22-12-11-16-9-10-18(27-2)19(13-16)28-3/h5-10,13-14H,4,11-12H2,1-3H3,(H,22,25)(H,24,26)/b23-14-. The Balaban J connectivity index is 1.77. The van der Waals surface area contributed by atoms with E-state index in [0.29, 0.717) is 24.5 Å². The van der Waals surface area contributed by atoms with Crippen LogP contribution in [0.1, 0.15) is 23.6 Å². The lowest BCUT2D eigenvalue weighted by molar-refractivity contribution is -0.139. The highest BCUT2D eigenvalue weighted by atomic mass is 16.5. The van der Waals surface area contributed by atoms with Crippen molar-refractivity contribution in [1.82, 2.24) is 10.7 Å². The van der Waals surface area contributed by atoms with Crippen LogP contribution >= 0.6 is 0 Å². The molecule has 7 nitrogen and oxygen atoms in total. The fourth-order valence-corrected chi connectivity index (χ4v) is 2.49. The van der Waals surface area contributed by atoms with Gasteiger partial charge in [-0.3, -0.25) is 9.59 Å². The minimum absolute atomic E-state index is 0.309. The van der Waals surface area contributed by atoms with E-state index in [1.807, 2.05) is 36.4 Å². The number of ether oxygens (including phenoxy) is 2. The lowest BCUT2D eigenvalue weighted by Crippen LogP contribution is -2.38. The average Bonchev–Trinajstić information content (AvgIpc) is 2.73. The van der Waals surface area contributed by atoms with Crippen LogP contribution in [0.5, 0.6) is 11.5 Å². The van der Waals surface area contributed by atoms with E-state index >= 15 is 0 Å². The van der Waals surface area contributed by atoms with Gasteiger partial charge in [0.1, 0.15) is 0 Å². The fourth-order valence-electron chi connectivity index (χ4n) is 2.49. The molecule has 7 heteroatoms. The molecule has 2 amide bonds. The number of hydrogen-bond donors (Lipinski definition) is 2. The molecule has 2 aromatic rings. The van der Waals surface area contributed by atoms with Crippen LogP contribution in [0.2, 0.25) is 0 Å². The number of hydrogen-bond acceptors (Lipinski definition) is 5. The number of rotatable bonds is 8. The van der Waals surface area contributed by atoms with E-state index in [1.165, 1.54) is 11.8 Å². The van der Waals surface area contributed by atoms with Crippen LogP contribution < -0.4 is 20.2 Å². The van der Waals surface area contributed by atoms with Gasteiger partial charge >= 0.3 is 11.8 Å². The molecule has 2 N–H and O–H groups in total. The molecule has 0 radical (unpaired) electrons. The van der Waals surface area contributed by atoms with Gasteiger partial charge in [0, 0.05) is 6.54 Å². The van der Waals surface area contributed by atoms with Crippen LogP contribution in [0, 0.1) is 0 Å². The van der Waals surface area contributed by atoms with Gasteiger partial charge in [0.15, 0.2) is 11.5 Å². The summed E-state index contributed by atoms with van der Waals surface area (Å²) in [5, 5.41) is 6.37. The number of methoxy groups -OCH3 is 2. The summed E-state index contributed by atoms with van der Waals surface area (Å²) >= 11 is 0. The largest absolute Gasteiger partial charge is 0.493 e. The third kappa shape index (κ3) is 6.12. The van der Waals surface area contributed by atoms with Crippen LogP contribution in [0.4, 0.5) is 0 Å². The molecule has 0 saturated heterocycles. The molecule has 0 unspecified atom stereocenters. The van der Waals surface area contributed by atoms with Crippen molar-refractivity contribution in [3.63, 3.8) is 0 Å². The molecular formula is C21H25N3O4. The van der Waals surface area contributed by atoms with Gasteiger partial charge in [0.2, 0.25) is 0 Å². The summed E-state index contributed by atoms with van der Waals surface area (Å²) in [6.45, 7) is 2.39. The van der Waals surface area contributed by atoms with Crippen LogP contribution in [-0.4, -0.2) is 38.8 Å². The highest BCUT2D eigenvalue weighted by Crippen LogP contribution is 2.27. The number of nitrogens with one attached hydrogen (secondary N) is 2. The molecule has 0 aliphatic carbocycles. The monoisotopic (exact) mass is 383 g/mol. The second-order valence-corrected chi connectivity index (χ2v) is 5.99. The second kappa shape index (κ2) is 10.7. The van der Waals surface area contributed by atoms with E-state index in [4.69, 9.17) is 9.47 Å². The van der Waals surface area contributed by atoms with Crippen LogP contribution in [-0.2, 0) is 22.4 Å². The second-order valence-electron chi connectivity index (χ2n) is 5.99. The normalized spacial score (nSPS) is 10.5. The van der Waals surface area contributed by atoms with E-state index in [-0.39, 0.29) is 0 Å². The zero-order chi connectivity index (χ0) is 20.4. The Labute approximate surface area is 164 Å². The molecule has 0 saturated carbocycles. The first-order valence-electron chi connectivity index (χ1n) is 8.98. The molecule has 0 fully saturated rings. The number of carbonyl (C=O) groups excluding carboxylic acids is 2. The third-order valence-corrected chi connectivity index (χ3v) is 4.12. The maximum Gasteiger partial charge on any atom is 0.329 e. The van der Waals surface area contributed by atoms with E-state index < -0.39 is 11.8 Å². The summed E-state index contributed by atoms with van der Waals surface area (Å²) in [4.78, 5) is 23.6. The topological polar surface area (TPSA) is 89.0 Å². The molecule has 0 spiro atoms. The SMILES string of the molecule is CCc1ccc(/C=N\NC(=O)C(=O)NCCc2ccc(OC)c(OC)c2)cc1. The van der Waals surface area contributed by atoms with Crippen molar-refractivity contribution in [3.05, 3.63) is 59.2 Å². The smallest absolute Gasteiger partial charge is 0.329 e. The molecule has 0 heterocycles. The maximum absolute atomic E-state index is 11.8. The number of carbonyl (C=O) groups is 2. The molecule has 0 aromatic heterocycles. The summed E-state index contributed by atoms with van der Waals surface area (Å²) in [6, 6.07) is 13.3.